The molecule has 3 rings (SSSR count). The monoisotopic (exact) mass is 343 g/mol. The number of hydrogen-bond acceptors (Lipinski definition) is 5. The van der Waals surface area contributed by atoms with E-state index in [9.17, 15) is 14.4 Å². The van der Waals surface area contributed by atoms with Crippen molar-refractivity contribution in [1.82, 2.24) is 15.2 Å². The third-order valence-electron chi connectivity index (χ3n) is 3.77. The lowest BCUT2D eigenvalue weighted by atomic mass is 10.1. The minimum Gasteiger partial charge on any atom is -0.356 e. The van der Waals surface area contributed by atoms with Crippen LogP contribution >= 0.6 is 11.3 Å². The minimum absolute atomic E-state index is 0.0918. The van der Waals surface area contributed by atoms with E-state index >= 15 is 0 Å². The van der Waals surface area contributed by atoms with Crippen molar-refractivity contribution in [3.8, 4) is 0 Å². The summed E-state index contributed by atoms with van der Waals surface area (Å²) in [7, 11) is 0. The SMILES string of the molecule is Cc1cnc(CCNC(=O)CCN2C(=O)c3ccccc3C2=O)s1. The molecule has 24 heavy (non-hydrogen) atoms. The molecule has 0 atom stereocenters. The molecule has 1 aliphatic rings. The molecule has 0 saturated heterocycles. The van der Waals surface area contributed by atoms with Crippen LogP contribution in [0, 0.1) is 6.92 Å². The first kappa shape index (κ1) is 16.3. The van der Waals surface area contributed by atoms with Gasteiger partial charge in [-0.3, -0.25) is 19.3 Å². The number of aromatic nitrogens is 1. The van der Waals surface area contributed by atoms with Crippen LogP contribution in [0.2, 0.25) is 0 Å². The molecule has 7 heteroatoms. The van der Waals surface area contributed by atoms with E-state index < -0.39 is 0 Å². The highest BCUT2D eigenvalue weighted by molar-refractivity contribution is 7.11. The number of carbonyl (C=O) groups is 3. The van der Waals surface area contributed by atoms with Crippen molar-refractivity contribution < 1.29 is 14.4 Å². The Morgan fingerprint density at radius 1 is 1.21 bits per heavy atom. The Kier molecular flexibility index (Phi) is 4.71. The van der Waals surface area contributed by atoms with Gasteiger partial charge in [0.05, 0.1) is 16.1 Å². The van der Waals surface area contributed by atoms with E-state index in [-0.39, 0.29) is 30.7 Å². The molecule has 0 bridgehead atoms. The third kappa shape index (κ3) is 3.35. The predicted octanol–water partition coefficient (Wildman–Crippen LogP) is 1.80. The van der Waals surface area contributed by atoms with Crippen LogP contribution in [0.4, 0.5) is 0 Å². The summed E-state index contributed by atoms with van der Waals surface area (Å²) >= 11 is 1.61. The number of hydrogen-bond donors (Lipinski definition) is 1. The molecule has 1 aromatic heterocycles. The zero-order valence-corrected chi connectivity index (χ0v) is 14.1. The standard InChI is InChI=1S/C17H17N3O3S/c1-11-10-19-15(24-11)6-8-18-14(21)7-9-20-16(22)12-4-2-3-5-13(12)17(20)23/h2-5,10H,6-9H2,1H3,(H,18,21). The minimum atomic E-state index is -0.332. The Morgan fingerprint density at radius 3 is 2.46 bits per heavy atom. The maximum Gasteiger partial charge on any atom is 0.261 e. The van der Waals surface area contributed by atoms with Gasteiger partial charge < -0.3 is 5.32 Å². The zero-order valence-electron chi connectivity index (χ0n) is 13.2. The van der Waals surface area contributed by atoms with Gasteiger partial charge in [0.25, 0.3) is 11.8 Å². The first-order valence-electron chi connectivity index (χ1n) is 7.69. The molecule has 0 fully saturated rings. The van der Waals surface area contributed by atoms with E-state index in [4.69, 9.17) is 0 Å². The molecule has 0 saturated carbocycles. The molecule has 1 aliphatic heterocycles. The fourth-order valence-electron chi connectivity index (χ4n) is 2.57. The fourth-order valence-corrected chi connectivity index (χ4v) is 3.36. The number of carbonyl (C=O) groups excluding carboxylic acids is 3. The number of thiazole rings is 1. The second-order valence-electron chi connectivity index (χ2n) is 5.52. The summed E-state index contributed by atoms with van der Waals surface area (Å²) < 4.78 is 0. The molecular weight excluding hydrogens is 326 g/mol. The Hall–Kier alpha value is -2.54. The van der Waals surface area contributed by atoms with Crippen LogP contribution in [0.15, 0.2) is 30.5 Å². The normalized spacial score (nSPS) is 13.3. The van der Waals surface area contributed by atoms with Crippen LogP contribution in [0.5, 0.6) is 0 Å². The van der Waals surface area contributed by atoms with Gasteiger partial charge >= 0.3 is 0 Å². The van der Waals surface area contributed by atoms with Crippen LogP contribution in [0.25, 0.3) is 0 Å². The molecule has 0 unspecified atom stereocenters. The number of benzene rings is 1. The van der Waals surface area contributed by atoms with Gasteiger partial charge in [0.15, 0.2) is 0 Å². The maximum atomic E-state index is 12.2. The van der Waals surface area contributed by atoms with Crippen LogP contribution in [0.3, 0.4) is 0 Å². The van der Waals surface area contributed by atoms with Gasteiger partial charge in [0, 0.05) is 37.0 Å². The van der Waals surface area contributed by atoms with Gasteiger partial charge in [0.2, 0.25) is 5.91 Å². The number of nitrogens with zero attached hydrogens (tertiary/aromatic N) is 2. The maximum absolute atomic E-state index is 12.2. The number of rotatable bonds is 6. The molecule has 2 aromatic rings. The van der Waals surface area contributed by atoms with Gasteiger partial charge in [-0.15, -0.1) is 11.3 Å². The summed E-state index contributed by atoms with van der Waals surface area (Å²) in [6.07, 6.45) is 2.59. The van der Waals surface area contributed by atoms with Gasteiger partial charge in [-0.2, -0.15) is 0 Å². The van der Waals surface area contributed by atoms with Gasteiger partial charge in [0.1, 0.15) is 0 Å². The van der Waals surface area contributed by atoms with Crippen LogP contribution in [-0.4, -0.2) is 40.7 Å². The molecule has 1 N–H and O–H groups in total. The third-order valence-corrected chi connectivity index (χ3v) is 4.74. The molecule has 6 nitrogen and oxygen atoms in total. The smallest absolute Gasteiger partial charge is 0.261 e. The van der Waals surface area contributed by atoms with Gasteiger partial charge in [-0.25, -0.2) is 4.98 Å². The van der Waals surface area contributed by atoms with E-state index in [0.29, 0.717) is 24.1 Å². The molecule has 0 spiro atoms. The van der Waals surface area contributed by atoms with Crippen molar-refractivity contribution in [1.29, 1.82) is 0 Å². The molecule has 0 radical (unpaired) electrons. The first-order chi connectivity index (χ1) is 11.6. The number of imide groups is 1. The van der Waals surface area contributed by atoms with Crippen LogP contribution in [-0.2, 0) is 11.2 Å². The lowest BCUT2D eigenvalue weighted by molar-refractivity contribution is -0.121. The fraction of sp³-hybridized carbons (Fsp3) is 0.294. The highest BCUT2D eigenvalue weighted by atomic mass is 32.1. The average molecular weight is 343 g/mol. The lowest BCUT2D eigenvalue weighted by Crippen LogP contribution is -2.35. The Balaban J connectivity index is 1.47. The van der Waals surface area contributed by atoms with E-state index in [2.05, 4.69) is 10.3 Å². The summed E-state index contributed by atoms with van der Waals surface area (Å²) in [6.45, 7) is 2.57. The quantitative estimate of drug-likeness (QED) is 0.811. The summed E-state index contributed by atoms with van der Waals surface area (Å²) in [5, 5.41) is 3.77. The van der Waals surface area contributed by atoms with Crippen molar-refractivity contribution in [2.45, 2.75) is 19.8 Å². The number of aryl methyl sites for hydroxylation is 1. The van der Waals surface area contributed by atoms with E-state index in [1.165, 1.54) is 0 Å². The number of amides is 3. The van der Waals surface area contributed by atoms with Crippen molar-refractivity contribution in [3.05, 3.63) is 51.5 Å². The van der Waals surface area contributed by atoms with E-state index in [1.54, 1.807) is 35.6 Å². The summed E-state index contributed by atoms with van der Waals surface area (Å²) in [6, 6.07) is 6.71. The zero-order chi connectivity index (χ0) is 17.1. The Labute approximate surface area is 143 Å². The van der Waals surface area contributed by atoms with Crippen molar-refractivity contribution in [2.24, 2.45) is 0 Å². The van der Waals surface area contributed by atoms with Gasteiger partial charge in [-0.05, 0) is 19.1 Å². The Morgan fingerprint density at radius 2 is 1.88 bits per heavy atom. The first-order valence-corrected chi connectivity index (χ1v) is 8.51. The second-order valence-corrected chi connectivity index (χ2v) is 6.84. The van der Waals surface area contributed by atoms with E-state index in [1.807, 2.05) is 13.1 Å². The van der Waals surface area contributed by atoms with Gasteiger partial charge in [-0.1, -0.05) is 12.1 Å². The largest absolute Gasteiger partial charge is 0.356 e. The lowest BCUT2D eigenvalue weighted by Gasteiger charge is -2.13. The highest BCUT2D eigenvalue weighted by Crippen LogP contribution is 2.22. The van der Waals surface area contributed by atoms with Crippen LogP contribution in [0.1, 0.15) is 37.0 Å². The van der Waals surface area contributed by atoms with E-state index in [0.717, 1.165) is 14.8 Å². The molecule has 1 aromatic carbocycles. The second kappa shape index (κ2) is 6.92. The summed E-state index contributed by atoms with van der Waals surface area (Å²) in [5.41, 5.74) is 0.809. The number of nitrogens with one attached hydrogen (secondary N) is 1. The molecule has 2 heterocycles. The number of fused-ring (bicyclic) bond motifs is 1. The molecule has 124 valence electrons. The topological polar surface area (TPSA) is 79.4 Å². The van der Waals surface area contributed by atoms with Crippen molar-refractivity contribution in [3.63, 3.8) is 0 Å². The Bertz CT molecular complexity index is 765. The molecule has 3 amide bonds. The van der Waals surface area contributed by atoms with Crippen molar-refractivity contribution in [2.75, 3.05) is 13.1 Å². The summed E-state index contributed by atoms with van der Waals surface area (Å²) in [5.74, 6) is -0.844. The molecule has 0 aliphatic carbocycles. The predicted molar refractivity (Wildman–Crippen MR) is 90.0 cm³/mol. The highest BCUT2D eigenvalue weighted by Gasteiger charge is 2.34. The van der Waals surface area contributed by atoms with Crippen LogP contribution < -0.4 is 5.32 Å². The molecular formula is C17H17N3O3S. The van der Waals surface area contributed by atoms with Crippen molar-refractivity contribution >= 4 is 29.1 Å². The average Bonchev–Trinajstić information content (AvgIpc) is 3.09. The summed E-state index contributed by atoms with van der Waals surface area (Å²) in [4.78, 5) is 42.8.